The number of nitrogens with zero attached hydrogens (tertiary/aromatic N) is 2. The molecule has 0 amide bonds. The maximum atomic E-state index is 14.0. The summed E-state index contributed by atoms with van der Waals surface area (Å²) in [5.74, 6) is 0.697. The molecule has 4 nitrogen and oxygen atoms in total. The summed E-state index contributed by atoms with van der Waals surface area (Å²) in [6, 6.07) is 29.7. The molecule has 0 unspecified atom stereocenters. The minimum absolute atomic E-state index is 0.0424. The van der Waals surface area contributed by atoms with Crippen molar-refractivity contribution in [3.63, 3.8) is 0 Å². The van der Waals surface area contributed by atoms with E-state index < -0.39 is 0 Å². The molecule has 0 bridgehead atoms. The molecule has 1 atom stereocenters. The van der Waals surface area contributed by atoms with Crippen molar-refractivity contribution in [1.82, 2.24) is 4.57 Å². The Balaban J connectivity index is 1.29. The van der Waals surface area contributed by atoms with Gasteiger partial charge in [-0.25, -0.2) is 4.99 Å². The van der Waals surface area contributed by atoms with E-state index in [0.29, 0.717) is 31.7 Å². The lowest BCUT2D eigenvalue weighted by Gasteiger charge is -2.30. The molecule has 0 N–H and O–H groups in total. The number of allylic oxidation sites excluding steroid dienone is 1. The molecule has 208 valence electrons. The fourth-order valence-electron chi connectivity index (χ4n) is 5.61. The van der Waals surface area contributed by atoms with Crippen LogP contribution in [0, 0.1) is 0 Å². The average Bonchev–Trinajstić information content (AvgIpc) is 3.31. The maximum Gasteiger partial charge on any atom is 0.271 e. The normalized spacial score (nSPS) is 16.0. The highest BCUT2D eigenvalue weighted by atomic mass is 79.9. The van der Waals surface area contributed by atoms with E-state index in [1.54, 1.807) is 12.1 Å². The Morgan fingerprint density at radius 3 is 2.62 bits per heavy atom. The van der Waals surface area contributed by atoms with Crippen molar-refractivity contribution in [2.75, 3.05) is 0 Å². The van der Waals surface area contributed by atoms with Gasteiger partial charge in [-0.05, 0) is 83.1 Å². The van der Waals surface area contributed by atoms with Crippen LogP contribution in [0.1, 0.15) is 40.3 Å². The second kappa shape index (κ2) is 11.3. The Hall–Kier alpha value is -3.42. The number of thiazole rings is 1. The topological polar surface area (TPSA) is 43.6 Å². The Kier molecular flexibility index (Phi) is 7.40. The number of rotatable bonds is 5. The van der Waals surface area contributed by atoms with Gasteiger partial charge in [0.15, 0.2) is 4.80 Å². The number of fused-ring (bicyclic) bond motifs is 3. The van der Waals surface area contributed by atoms with Crippen LogP contribution in [0.3, 0.4) is 0 Å². The second-order valence-corrected chi connectivity index (χ2v) is 13.0. The Morgan fingerprint density at radius 2 is 1.79 bits per heavy atom. The lowest BCUT2D eigenvalue weighted by Crippen LogP contribution is -2.38. The minimum atomic E-state index is -0.208. The van der Waals surface area contributed by atoms with Crippen molar-refractivity contribution < 1.29 is 4.74 Å². The van der Waals surface area contributed by atoms with Gasteiger partial charge in [0, 0.05) is 10.0 Å². The number of aryl methyl sites for hydroxylation is 1. The quantitative estimate of drug-likeness (QED) is 0.190. The largest absolute Gasteiger partial charge is 0.489 e. The predicted molar refractivity (Wildman–Crippen MR) is 174 cm³/mol. The highest BCUT2D eigenvalue weighted by Gasteiger charge is 2.32. The van der Waals surface area contributed by atoms with Gasteiger partial charge in [0.25, 0.3) is 5.56 Å². The number of benzene rings is 4. The van der Waals surface area contributed by atoms with Crippen molar-refractivity contribution in [2.24, 2.45) is 4.99 Å². The van der Waals surface area contributed by atoms with Crippen LogP contribution < -0.4 is 19.6 Å². The monoisotopic (exact) mass is 672 g/mol. The molecule has 4 aromatic carbocycles. The molecule has 2 heterocycles. The highest BCUT2D eigenvalue weighted by molar-refractivity contribution is 9.10. The van der Waals surface area contributed by atoms with Crippen LogP contribution in [-0.2, 0) is 13.0 Å². The van der Waals surface area contributed by atoms with Crippen molar-refractivity contribution in [2.45, 2.75) is 25.5 Å². The summed E-state index contributed by atoms with van der Waals surface area (Å²) in [5.41, 5.74) is 7.46. The van der Waals surface area contributed by atoms with Crippen molar-refractivity contribution in [3.05, 3.63) is 159 Å². The smallest absolute Gasteiger partial charge is 0.271 e. The van der Waals surface area contributed by atoms with Crippen molar-refractivity contribution >= 4 is 62.2 Å². The van der Waals surface area contributed by atoms with E-state index in [4.69, 9.17) is 32.9 Å². The van der Waals surface area contributed by atoms with Crippen molar-refractivity contribution in [1.29, 1.82) is 0 Å². The molecule has 0 saturated heterocycles. The van der Waals surface area contributed by atoms with Crippen LogP contribution in [0.4, 0.5) is 0 Å². The molecular weight excluding hydrogens is 651 g/mol. The van der Waals surface area contributed by atoms with Gasteiger partial charge in [0.05, 0.1) is 26.3 Å². The van der Waals surface area contributed by atoms with Crippen LogP contribution >= 0.6 is 50.5 Å². The first kappa shape index (κ1) is 27.4. The van der Waals surface area contributed by atoms with E-state index >= 15 is 0 Å². The van der Waals surface area contributed by atoms with Crippen LogP contribution in [0.5, 0.6) is 5.75 Å². The van der Waals surface area contributed by atoms with Gasteiger partial charge in [-0.2, -0.15) is 0 Å². The maximum absolute atomic E-state index is 14.0. The first-order chi connectivity index (χ1) is 20.4. The van der Waals surface area contributed by atoms with Gasteiger partial charge in [-0.3, -0.25) is 9.36 Å². The summed E-state index contributed by atoms with van der Waals surface area (Å²) in [5, 5.41) is 1.00. The summed E-state index contributed by atoms with van der Waals surface area (Å²) >= 11 is 17.2. The summed E-state index contributed by atoms with van der Waals surface area (Å²) in [4.78, 5) is 19.9. The Bertz CT molecular complexity index is 2060. The standard InChI is InChI=1S/C34H23BrCl2N2O2S/c35-24-12-9-23(10-13-24)32-27-14-11-22-5-1-2-7-26(22)31(27)38-34-39(32)33(40)30(42-34)18-20-4-3-6-25(16-20)41-19-21-8-15-28(36)29(37)17-21/h1-10,12-13,15-18,32H,11,14,19H2/b30-18-/t32-/m1/s1. The van der Waals surface area contributed by atoms with Gasteiger partial charge < -0.3 is 4.74 Å². The molecular formula is C34H23BrCl2N2O2S. The van der Waals surface area contributed by atoms with E-state index in [9.17, 15) is 4.79 Å². The fraction of sp³-hybridized carbons (Fsp3) is 0.118. The molecule has 1 aliphatic carbocycles. The minimum Gasteiger partial charge on any atom is -0.489 e. The molecule has 7 rings (SSSR count). The van der Waals surface area contributed by atoms with E-state index in [1.807, 2.05) is 53.1 Å². The van der Waals surface area contributed by atoms with Gasteiger partial charge in [0.2, 0.25) is 0 Å². The zero-order chi connectivity index (χ0) is 28.8. The number of hydrogen-bond donors (Lipinski definition) is 0. The SMILES string of the molecule is O=c1/c(=C/c2cccc(OCc3ccc(Cl)c(Cl)c3)c2)sc2n1[C@H](c1ccc(Br)cc1)C1=C(N=2)c2ccccc2CC1. The van der Waals surface area contributed by atoms with E-state index in [0.717, 1.165) is 45.3 Å². The van der Waals surface area contributed by atoms with Crippen LogP contribution in [-0.4, -0.2) is 4.57 Å². The molecule has 5 aromatic rings. The molecule has 8 heteroatoms. The Labute approximate surface area is 265 Å². The summed E-state index contributed by atoms with van der Waals surface area (Å²) in [6.45, 7) is 0.350. The number of aromatic nitrogens is 1. The van der Waals surface area contributed by atoms with Gasteiger partial charge in [-0.15, -0.1) is 0 Å². The van der Waals surface area contributed by atoms with Crippen LogP contribution in [0.15, 0.2) is 111 Å². The van der Waals surface area contributed by atoms with E-state index in [-0.39, 0.29) is 11.6 Å². The van der Waals surface area contributed by atoms with E-state index in [2.05, 4.69) is 52.3 Å². The summed E-state index contributed by atoms with van der Waals surface area (Å²) < 4.78 is 9.53. The van der Waals surface area contributed by atoms with Crippen LogP contribution in [0.25, 0.3) is 11.8 Å². The molecule has 0 radical (unpaired) electrons. The third-order valence-electron chi connectivity index (χ3n) is 7.60. The molecule has 0 fully saturated rings. The number of hydrogen-bond acceptors (Lipinski definition) is 4. The third-order valence-corrected chi connectivity index (χ3v) is 9.85. The van der Waals surface area contributed by atoms with Gasteiger partial charge in [0.1, 0.15) is 12.4 Å². The third kappa shape index (κ3) is 5.18. The molecule has 0 saturated carbocycles. The first-order valence-corrected chi connectivity index (χ1v) is 15.9. The summed E-state index contributed by atoms with van der Waals surface area (Å²) in [6.07, 6.45) is 3.71. The Morgan fingerprint density at radius 1 is 0.952 bits per heavy atom. The predicted octanol–water partition coefficient (Wildman–Crippen LogP) is 7.97. The second-order valence-electron chi connectivity index (χ2n) is 10.3. The van der Waals surface area contributed by atoms with E-state index in [1.165, 1.54) is 22.5 Å². The van der Waals surface area contributed by atoms with Gasteiger partial charge >= 0.3 is 0 Å². The van der Waals surface area contributed by atoms with Crippen LogP contribution in [0.2, 0.25) is 10.0 Å². The molecule has 0 spiro atoms. The number of halogens is 3. The summed E-state index contributed by atoms with van der Waals surface area (Å²) in [7, 11) is 0. The zero-order valence-corrected chi connectivity index (χ0v) is 26.1. The molecule has 1 aliphatic heterocycles. The van der Waals surface area contributed by atoms with Gasteiger partial charge in [-0.1, -0.05) is 105 Å². The molecule has 1 aromatic heterocycles. The average molecular weight is 674 g/mol. The lowest BCUT2D eigenvalue weighted by molar-refractivity contribution is 0.306. The fourth-order valence-corrected chi connectivity index (χ4v) is 7.19. The zero-order valence-electron chi connectivity index (χ0n) is 22.2. The van der Waals surface area contributed by atoms with Crippen molar-refractivity contribution in [3.8, 4) is 5.75 Å². The lowest BCUT2D eigenvalue weighted by atomic mass is 9.83. The molecule has 2 aliphatic rings. The molecule has 42 heavy (non-hydrogen) atoms. The number of ether oxygens (including phenoxy) is 1. The highest BCUT2D eigenvalue weighted by Crippen LogP contribution is 2.41. The first-order valence-electron chi connectivity index (χ1n) is 13.5.